The van der Waals surface area contributed by atoms with Crippen molar-refractivity contribution in [1.29, 1.82) is 0 Å². The van der Waals surface area contributed by atoms with Crippen molar-refractivity contribution in [2.45, 2.75) is 19.4 Å². The first kappa shape index (κ1) is 19.4. The average molecular weight is 429 g/mol. The number of ether oxygens (including phenoxy) is 1. The van der Waals surface area contributed by atoms with Gasteiger partial charge in [-0.05, 0) is 30.7 Å². The number of hydrogen-bond acceptors (Lipinski definition) is 5. The zero-order valence-corrected chi connectivity index (χ0v) is 17.0. The molecule has 0 saturated heterocycles. The highest BCUT2D eigenvalue weighted by Gasteiger charge is 2.35. The minimum Gasteiger partial charge on any atom is -0.482 e. The lowest BCUT2D eigenvalue weighted by Crippen LogP contribution is -2.49. The first-order valence-electron chi connectivity index (χ1n) is 9.02. The normalized spacial score (nSPS) is 14.3. The highest BCUT2D eigenvalue weighted by molar-refractivity contribution is 7.13. The van der Waals surface area contributed by atoms with Crippen molar-refractivity contribution in [3.8, 4) is 27.6 Å². The number of fused-ring (bicyclic) bond motifs is 1. The molecule has 4 rings (SSSR count). The minimum absolute atomic E-state index is 0.177. The van der Waals surface area contributed by atoms with Gasteiger partial charge in [-0.2, -0.15) is 0 Å². The number of aromatic nitrogens is 1. The maximum atomic E-state index is 12.4. The van der Waals surface area contributed by atoms with Crippen LogP contribution in [0.2, 0.25) is 5.02 Å². The molecule has 0 saturated carbocycles. The molecule has 6 nitrogen and oxygen atoms in total. The monoisotopic (exact) mass is 428 g/mol. The third kappa shape index (κ3) is 3.59. The second kappa shape index (κ2) is 7.85. The van der Waals surface area contributed by atoms with Gasteiger partial charge in [0.05, 0.1) is 16.4 Å². The molecule has 1 unspecified atom stereocenters. The number of amides is 1. The van der Waals surface area contributed by atoms with Gasteiger partial charge >= 0.3 is 5.97 Å². The van der Waals surface area contributed by atoms with Crippen molar-refractivity contribution in [1.82, 2.24) is 4.98 Å². The van der Waals surface area contributed by atoms with Crippen molar-refractivity contribution in [3.05, 3.63) is 52.9 Å². The van der Waals surface area contributed by atoms with Gasteiger partial charge in [0.1, 0.15) is 16.8 Å². The van der Waals surface area contributed by atoms with Gasteiger partial charge in [0, 0.05) is 16.5 Å². The van der Waals surface area contributed by atoms with Gasteiger partial charge in [-0.3, -0.25) is 9.69 Å². The summed E-state index contributed by atoms with van der Waals surface area (Å²) in [6.07, 6.45) is 0.290. The predicted octanol–water partition coefficient (Wildman–Crippen LogP) is 4.72. The fourth-order valence-electron chi connectivity index (χ4n) is 3.30. The summed E-state index contributed by atoms with van der Waals surface area (Å²) in [6.45, 7) is 1.56. The van der Waals surface area contributed by atoms with Crippen LogP contribution in [-0.4, -0.2) is 34.6 Å². The SMILES string of the molecule is CCC(C(=O)O)N1C(=O)COc2ccc(-c3csc(-c4ccccc4Cl)n3)cc21. The van der Waals surface area contributed by atoms with Gasteiger partial charge in [0.25, 0.3) is 5.91 Å². The third-order valence-electron chi connectivity index (χ3n) is 4.73. The molecule has 0 aliphatic carbocycles. The van der Waals surface area contributed by atoms with E-state index in [0.717, 1.165) is 16.1 Å². The summed E-state index contributed by atoms with van der Waals surface area (Å²) in [5.74, 6) is -0.942. The van der Waals surface area contributed by atoms with E-state index in [1.54, 1.807) is 19.1 Å². The lowest BCUT2D eigenvalue weighted by Gasteiger charge is -2.33. The molecule has 148 valence electrons. The second-order valence-electron chi connectivity index (χ2n) is 6.51. The first-order chi connectivity index (χ1) is 14.0. The number of carbonyl (C=O) groups excluding carboxylic acids is 1. The molecule has 1 N–H and O–H groups in total. The molecule has 2 heterocycles. The smallest absolute Gasteiger partial charge is 0.326 e. The molecule has 2 aromatic carbocycles. The summed E-state index contributed by atoms with van der Waals surface area (Å²) in [4.78, 5) is 30.1. The zero-order valence-electron chi connectivity index (χ0n) is 15.5. The van der Waals surface area contributed by atoms with Crippen LogP contribution in [-0.2, 0) is 9.59 Å². The Morgan fingerprint density at radius 2 is 2.14 bits per heavy atom. The molecule has 3 aromatic rings. The van der Waals surface area contributed by atoms with Crippen LogP contribution in [0.15, 0.2) is 47.8 Å². The van der Waals surface area contributed by atoms with Crippen LogP contribution < -0.4 is 9.64 Å². The molecule has 1 atom stereocenters. The van der Waals surface area contributed by atoms with Gasteiger partial charge in [-0.1, -0.05) is 36.7 Å². The van der Waals surface area contributed by atoms with Crippen LogP contribution >= 0.6 is 22.9 Å². The number of rotatable bonds is 5. The number of benzene rings is 2. The highest BCUT2D eigenvalue weighted by Crippen LogP contribution is 2.39. The molecular weight excluding hydrogens is 412 g/mol. The number of thiazole rings is 1. The zero-order chi connectivity index (χ0) is 20.5. The van der Waals surface area contributed by atoms with E-state index in [-0.39, 0.29) is 18.9 Å². The van der Waals surface area contributed by atoms with Crippen LogP contribution in [0.25, 0.3) is 21.8 Å². The van der Waals surface area contributed by atoms with E-state index >= 15 is 0 Å². The Labute approximate surface area is 176 Å². The van der Waals surface area contributed by atoms with Gasteiger partial charge in [0.2, 0.25) is 0 Å². The number of carboxylic acids is 1. The van der Waals surface area contributed by atoms with Crippen LogP contribution in [0.5, 0.6) is 5.75 Å². The Bertz CT molecular complexity index is 1100. The van der Waals surface area contributed by atoms with E-state index in [2.05, 4.69) is 4.98 Å². The van der Waals surface area contributed by atoms with E-state index in [4.69, 9.17) is 16.3 Å². The number of aliphatic carboxylic acids is 1. The number of nitrogens with zero attached hydrogens (tertiary/aromatic N) is 2. The molecule has 1 amide bonds. The Kier molecular flexibility index (Phi) is 5.25. The Morgan fingerprint density at radius 3 is 2.86 bits per heavy atom. The maximum Gasteiger partial charge on any atom is 0.326 e. The van der Waals surface area contributed by atoms with Crippen molar-refractivity contribution in [2.24, 2.45) is 0 Å². The van der Waals surface area contributed by atoms with E-state index in [1.165, 1.54) is 16.2 Å². The van der Waals surface area contributed by atoms with Crippen molar-refractivity contribution in [3.63, 3.8) is 0 Å². The van der Waals surface area contributed by atoms with Crippen molar-refractivity contribution < 1.29 is 19.4 Å². The van der Waals surface area contributed by atoms with Gasteiger partial charge in [-0.25, -0.2) is 9.78 Å². The Morgan fingerprint density at radius 1 is 1.34 bits per heavy atom. The second-order valence-corrected chi connectivity index (χ2v) is 7.78. The fraction of sp³-hybridized carbons (Fsp3) is 0.190. The van der Waals surface area contributed by atoms with Gasteiger partial charge in [-0.15, -0.1) is 11.3 Å². The van der Waals surface area contributed by atoms with Crippen molar-refractivity contribution >= 4 is 40.5 Å². The van der Waals surface area contributed by atoms with Crippen LogP contribution in [0.4, 0.5) is 5.69 Å². The van der Waals surface area contributed by atoms with Crippen LogP contribution in [0.3, 0.4) is 0 Å². The molecule has 8 heteroatoms. The van der Waals surface area contributed by atoms with Gasteiger partial charge in [0.15, 0.2) is 6.61 Å². The molecular formula is C21H17ClN2O4S. The quantitative estimate of drug-likeness (QED) is 0.636. The predicted molar refractivity (Wildman–Crippen MR) is 113 cm³/mol. The van der Waals surface area contributed by atoms with E-state index < -0.39 is 12.0 Å². The standard InChI is InChI=1S/C21H17ClN2O4S/c1-2-16(21(26)27)24-17-9-12(7-8-18(17)28-10-19(24)25)15-11-29-20(23-15)13-5-3-4-6-14(13)22/h3-9,11,16H,2,10H2,1H3,(H,26,27). The Balaban J connectivity index is 1.75. The van der Waals surface area contributed by atoms with E-state index in [9.17, 15) is 14.7 Å². The Hall–Kier alpha value is -2.90. The molecule has 0 fully saturated rings. The molecule has 0 bridgehead atoms. The van der Waals surface area contributed by atoms with Gasteiger partial charge < -0.3 is 9.84 Å². The number of anilines is 1. The van der Waals surface area contributed by atoms with Crippen molar-refractivity contribution in [2.75, 3.05) is 11.5 Å². The van der Waals surface area contributed by atoms with Crippen LogP contribution in [0, 0.1) is 0 Å². The molecule has 1 aliphatic heterocycles. The summed E-state index contributed by atoms with van der Waals surface area (Å²) in [7, 11) is 0. The third-order valence-corrected chi connectivity index (χ3v) is 5.93. The fourth-order valence-corrected chi connectivity index (χ4v) is 4.45. The summed E-state index contributed by atoms with van der Waals surface area (Å²) >= 11 is 7.74. The topological polar surface area (TPSA) is 79.7 Å². The first-order valence-corrected chi connectivity index (χ1v) is 10.3. The maximum absolute atomic E-state index is 12.4. The summed E-state index contributed by atoms with van der Waals surface area (Å²) in [5, 5.41) is 12.9. The largest absolute Gasteiger partial charge is 0.482 e. The summed E-state index contributed by atoms with van der Waals surface area (Å²) < 4.78 is 5.50. The molecule has 0 radical (unpaired) electrons. The number of carbonyl (C=O) groups is 2. The number of hydrogen-bond donors (Lipinski definition) is 1. The van der Waals surface area contributed by atoms with E-state index in [1.807, 2.05) is 35.7 Å². The molecule has 1 aliphatic rings. The van der Waals surface area contributed by atoms with E-state index in [0.29, 0.717) is 22.2 Å². The summed E-state index contributed by atoms with van der Waals surface area (Å²) in [6, 6.07) is 11.9. The molecule has 0 spiro atoms. The van der Waals surface area contributed by atoms with Crippen LogP contribution in [0.1, 0.15) is 13.3 Å². The average Bonchev–Trinajstić information content (AvgIpc) is 3.20. The number of carboxylic acid groups (broad SMARTS) is 1. The minimum atomic E-state index is -1.05. The lowest BCUT2D eigenvalue weighted by molar-refractivity contribution is -0.140. The summed E-state index contributed by atoms with van der Waals surface area (Å²) in [5.41, 5.74) is 2.77. The molecule has 29 heavy (non-hydrogen) atoms. The lowest BCUT2D eigenvalue weighted by atomic mass is 10.1. The molecule has 1 aromatic heterocycles. The number of halogens is 1. The highest BCUT2D eigenvalue weighted by atomic mass is 35.5.